The molecular formula is C16H20N2O2. The highest BCUT2D eigenvalue weighted by molar-refractivity contribution is 5.87. The van der Waals surface area contributed by atoms with Crippen molar-refractivity contribution in [2.24, 2.45) is 0 Å². The second kappa shape index (κ2) is 7.50. The van der Waals surface area contributed by atoms with Gasteiger partial charge >= 0.3 is 0 Å². The minimum Gasteiger partial charge on any atom is -0.385 e. The minimum absolute atomic E-state index is 0.00531. The predicted octanol–water partition coefficient (Wildman–Crippen LogP) is 2.40. The van der Waals surface area contributed by atoms with Gasteiger partial charge in [0, 0.05) is 25.9 Å². The number of nitrogens with one attached hydrogen (secondary N) is 2. The zero-order chi connectivity index (χ0) is 14.2. The van der Waals surface area contributed by atoms with E-state index in [-0.39, 0.29) is 12.5 Å². The van der Waals surface area contributed by atoms with Gasteiger partial charge in [0.2, 0.25) is 5.91 Å². The van der Waals surface area contributed by atoms with E-state index in [1.807, 2.05) is 30.3 Å². The molecule has 0 bridgehead atoms. The molecule has 2 aromatic rings. The van der Waals surface area contributed by atoms with Crippen LogP contribution in [0.25, 0.3) is 10.8 Å². The lowest BCUT2D eigenvalue weighted by Gasteiger charge is -2.08. The molecule has 0 aromatic heterocycles. The molecule has 0 aliphatic heterocycles. The SMILES string of the molecule is COCCCNC(=O)CNc1ccc2ccccc2c1. The Morgan fingerprint density at radius 3 is 2.75 bits per heavy atom. The first-order chi connectivity index (χ1) is 9.79. The standard InChI is InChI=1S/C16H20N2O2/c1-20-10-4-9-17-16(19)12-18-15-8-7-13-5-2-3-6-14(13)11-15/h2-3,5-8,11,18H,4,9-10,12H2,1H3,(H,17,19). The van der Waals surface area contributed by atoms with E-state index in [4.69, 9.17) is 4.74 Å². The summed E-state index contributed by atoms with van der Waals surface area (Å²) < 4.78 is 4.93. The van der Waals surface area contributed by atoms with Crippen molar-refractivity contribution >= 4 is 22.4 Å². The maximum atomic E-state index is 11.6. The van der Waals surface area contributed by atoms with E-state index < -0.39 is 0 Å². The molecule has 0 heterocycles. The number of carbonyl (C=O) groups excluding carboxylic acids is 1. The van der Waals surface area contributed by atoms with Crippen LogP contribution in [0.4, 0.5) is 5.69 Å². The summed E-state index contributed by atoms with van der Waals surface area (Å²) in [5.74, 6) is -0.00531. The Labute approximate surface area is 119 Å². The Morgan fingerprint density at radius 2 is 1.95 bits per heavy atom. The number of benzene rings is 2. The summed E-state index contributed by atoms with van der Waals surface area (Å²) in [6.07, 6.45) is 0.832. The average Bonchev–Trinajstić information content (AvgIpc) is 2.49. The van der Waals surface area contributed by atoms with Crippen molar-refractivity contribution < 1.29 is 9.53 Å². The van der Waals surface area contributed by atoms with Crippen LogP contribution in [0.15, 0.2) is 42.5 Å². The third kappa shape index (κ3) is 4.24. The zero-order valence-electron chi connectivity index (χ0n) is 11.7. The molecule has 2 aromatic carbocycles. The van der Waals surface area contributed by atoms with Gasteiger partial charge in [0.25, 0.3) is 0 Å². The molecule has 0 saturated carbocycles. The number of fused-ring (bicyclic) bond motifs is 1. The van der Waals surface area contributed by atoms with Crippen LogP contribution in [0, 0.1) is 0 Å². The summed E-state index contributed by atoms with van der Waals surface area (Å²) in [5.41, 5.74) is 0.954. The van der Waals surface area contributed by atoms with E-state index >= 15 is 0 Å². The predicted molar refractivity (Wildman–Crippen MR) is 81.9 cm³/mol. The van der Waals surface area contributed by atoms with Crippen LogP contribution in [-0.2, 0) is 9.53 Å². The number of amides is 1. The van der Waals surface area contributed by atoms with E-state index in [1.165, 1.54) is 5.39 Å². The first-order valence-electron chi connectivity index (χ1n) is 6.78. The van der Waals surface area contributed by atoms with Gasteiger partial charge in [-0.3, -0.25) is 4.79 Å². The fourth-order valence-electron chi connectivity index (χ4n) is 1.99. The van der Waals surface area contributed by atoms with Gasteiger partial charge < -0.3 is 15.4 Å². The Morgan fingerprint density at radius 1 is 1.15 bits per heavy atom. The summed E-state index contributed by atoms with van der Waals surface area (Å²) in [6, 6.07) is 14.2. The maximum Gasteiger partial charge on any atom is 0.239 e. The van der Waals surface area contributed by atoms with Crippen LogP contribution < -0.4 is 10.6 Å². The molecule has 0 unspecified atom stereocenters. The van der Waals surface area contributed by atoms with Crippen LogP contribution >= 0.6 is 0 Å². The van der Waals surface area contributed by atoms with Crippen LogP contribution in [0.1, 0.15) is 6.42 Å². The molecule has 0 fully saturated rings. The summed E-state index contributed by atoms with van der Waals surface area (Å²) in [7, 11) is 1.66. The van der Waals surface area contributed by atoms with E-state index in [9.17, 15) is 4.79 Å². The topological polar surface area (TPSA) is 50.4 Å². The van der Waals surface area contributed by atoms with Crippen molar-refractivity contribution in [3.05, 3.63) is 42.5 Å². The summed E-state index contributed by atoms with van der Waals surface area (Å²) >= 11 is 0. The number of methoxy groups -OCH3 is 1. The summed E-state index contributed by atoms with van der Waals surface area (Å²) in [6.45, 7) is 1.59. The number of hydrogen-bond acceptors (Lipinski definition) is 3. The number of rotatable bonds is 7. The van der Waals surface area contributed by atoms with Gasteiger partial charge in [-0.2, -0.15) is 0 Å². The lowest BCUT2D eigenvalue weighted by atomic mass is 10.1. The van der Waals surface area contributed by atoms with E-state index in [0.29, 0.717) is 13.2 Å². The lowest BCUT2D eigenvalue weighted by molar-refractivity contribution is -0.119. The molecule has 0 aliphatic carbocycles. The third-order valence-electron chi connectivity index (χ3n) is 3.05. The van der Waals surface area contributed by atoms with Gasteiger partial charge in [-0.05, 0) is 29.3 Å². The van der Waals surface area contributed by atoms with Crippen molar-refractivity contribution in [2.45, 2.75) is 6.42 Å². The van der Waals surface area contributed by atoms with Crippen LogP contribution in [0.2, 0.25) is 0 Å². The Kier molecular flexibility index (Phi) is 5.38. The highest BCUT2D eigenvalue weighted by Gasteiger charge is 2.01. The maximum absolute atomic E-state index is 11.6. The van der Waals surface area contributed by atoms with Gasteiger partial charge in [-0.25, -0.2) is 0 Å². The molecule has 106 valence electrons. The van der Waals surface area contributed by atoms with Gasteiger partial charge in [0.05, 0.1) is 6.54 Å². The molecule has 2 N–H and O–H groups in total. The molecule has 0 radical (unpaired) electrons. The van der Waals surface area contributed by atoms with E-state index in [0.717, 1.165) is 17.5 Å². The molecule has 20 heavy (non-hydrogen) atoms. The number of carbonyl (C=O) groups is 1. The monoisotopic (exact) mass is 272 g/mol. The van der Waals surface area contributed by atoms with Gasteiger partial charge in [0.15, 0.2) is 0 Å². The Hall–Kier alpha value is -2.07. The third-order valence-corrected chi connectivity index (χ3v) is 3.05. The lowest BCUT2D eigenvalue weighted by Crippen LogP contribution is -2.31. The average molecular weight is 272 g/mol. The van der Waals surface area contributed by atoms with Crippen molar-refractivity contribution in [2.75, 3.05) is 32.1 Å². The Bertz CT molecular complexity index is 569. The largest absolute Gasteiger partial charge is 0.385 e. The van der Waals surface area contributed by atoms with Gasteiger partial charge in [-0.1, -0.05) is 30.3 Å². The first-order valence-corrected chi connectivity index (χ1v) is 6.78. The molecule has 4 nitrogen and oxygen atoms in total. The smallest absolute Gasteiger partial charge is 0.239 e. The normalized spacial score (nSPS) is 10.4. The summed E-state index contributed by atoms with van der Waals surface area (Å²) in [4.78, 5) is 11.6. The number of hydrogen-bond donors (Lipinski definition) is 2. The quantitative estimate of drug-likeness (QED) is 0.761. The van der Waals surface area contributed by atoms with Gasteiger partial charge in [0.1, 0.15) is 0 Å². The highest BCUT2D eigenvalue weighted by atomic mass is 16.5. The second-order valence-corrected chi connectivity index (χ2v) is 4.61. The molecule has 1 amide bonds. The molecule has 4 heteroatoms. The van der Waals surface area contributed by atoms with E-state index in [1.54, 1.807) is 7.11 Å². The summed E-state index contributed by atoms with van der Waals surface area (Å²) in [5, 5.41) is 8.34. The van der Waals surface area contributed by atoms with Gasteiger partial charge in [-0.15, -0.1) is 0 Å². The van der Waals surface area contributed by atoms with Crippen molar-refractivity contribution in [3.8, 4) is 0 Å². The van der Waals surface area contributed by atoms with Crippen LogP contribution in [0.5, 0.6) is 0 Å². The van der Waals surface area contributed by atoms with Crippen molar-refractivity contribution in [3.63, 3.8) is 0 Å². The number of ether oxygens (including phenoxy) is 1. The molecule has 0 aliphatic rings. The molecule has 0 saturated heterocycles. The fraction of sp³-hybridized carbons (Fsp3) is 0.312. The van der Waals surface area contributed by atoms with Crippen LogP contribution in [0.3, 0.4) is 0 Å². The zero-order valence-corrected chi connectivity index (χ0v) is 11.7. The van der Waals surface area contributed by atoms with E-state index in [2.05, 4.69) is 22.8 Å². The highest BCUT2D eigenvalue weighted by Crippen LogP contribution is 2.18. The van der Waals surface area contributed by atoms with Crippen molar-refractivity contribution in [1.29, 1.82) is 0 Å². The molecule has 0 atom stereocenters. The van der Waals surface area contributed by atoms with Crippen molar-refractivity contribution in [1.82, 2.24) is 5.32 Å². The second-order valence-electron chi connectivity index (χ2n) is 4.61. The first kappa shape index (κ1) is 14.3. The molecule has 2 rings (SSSR count). The van der Waals surface area contributed by atoms with Crippen LogP contribution in [-0.4, -0.2) is 32.7 Å². The molecule has 0 spiro atoms. The number of anilines is 1. The molecular weight excluding hydrogens is 252 g/mol. The minimum atomic E-state index is -0.00531. The fourth-order valence-corrected chi connectivity index (χ4v) is 1.99. The Balaban J connectivity index is 1.81.